The molecule has 0 unspecified atom stereocenters. The molecule has 1 aliphatic heterocycles. The Labute approximate surface area is 131 Å². The molecule has 1 aromatic carbocycles. The number of hydrogen-bond donors (Lipinski definition) is 2. The molecule has 3 rings (SSSR count). The van der Waals surface area contributed by atoms with Crippen LogP contribution in [-0.4, -0.2) is 25.0 Å². The number of anilines is 1. The topological polar surface area (TPSA) is 72.0 Å². The van der Waals surface area contributed by atoms with E-state index in [4.69, 9.17) is 9.47 Å². The van der Waals surface area contributed by atoms with Crippen LogP contribution in [-0.2, 0) is 4.79 Å². The lowest BCUT2D eigenvalue weighted by Gasteiger charge is -2.06. The lowest BCUT2D eigenvalue weighted by Crippen LogP contribution is -2.26. The summed E-state index contributed by atoms with van der Waals surface area (Å²) in [7, 11) is 0. The Morgan fingerprint density at radius 2 is 2.18 bits per heavy atom. The summed E-state index contributed by atoms with van der Waals surface area (Å²) in [6.07, 6.45) is 0. The Bertz CT molecular complexity index is 698. The third kappa shape index (κ3) is 3.37. The number of fused-ring (bicyclic) bond motifs is 1. The fourth-order valence-corrected chi connectivity index (χ4v) is 2.59. The first-order chi connectivity index (χ1) is 10.7. The van der Waals surface area contributed by atoms with Crippen molar-refractivity contribution in [2.45, 2.75) is 6.92 Å². The van der Waals surface area contributed by atoms with Crippen LogP contribution in [0.1, 0.15) is 11.8 Å². The van der Waals surface area contributed by atoms with Gasteiger partial charge in [0.25, 0.3) is 5.91 Å². The van der Waals surface area contributed by atoms with E-state index in [1.165, 1.54) is 0 Å². The number of nitrogens with zero attached hydrogens (tertiary/aromatic N) is 1. The number of hydrogen-bond acceptors (Lipinski definition) is 6. The van der Waals surface area contributed by atoms with Gasteiger partial charge in [-0.15, -0.1) is 11.3 Å². The highest BCUT2D eigenvalue weighted by Gasteiger charge is 2.13. The molecule has 0 spiro atoms. The number of rotatable bonds is 5. The van der Waals surface area contributed by atoms with Gasteiger partial charge in [0.2, 0.25) is 6.79 Å². The van der Waals surface area contributed by atoms with Crippen LogP contribution in [0.4, 0.5) is 5.69 Å². The van der Waals surface area contributed by atoms with E-state index in [9.17, 15) is 4.79 Å². The minimum atomic E-state index is -0.214. The van der Waals surface area contributed by atoms with Gasteiger partial charge in [0, 0.05) is 16.6 Å². The zero-order valence-electron chi connectivity index (χ0n) is 12.0. The van der Waals surface area contributed by atoms with Gasteiger partial charge >= 0.3 is 0 Å². The second-order valence-corrected chi connectivity index (χ2v) is 5.58. The predicted octanol–water partition coefficient (Wildman–Crippen LogP) is 2.43. The maximum Gasteiger partial charge on any atom is 0.259 e. The number of amides is 1. The van der Waals surface area contributed by atoms with Gasteiger partial charge in [-0.25, -0.2) is 5.43 Å². The smallest absolute Gasteiger partial charge is 0.259 e. The fraction of sp³-hybridized carbons (Fsp3) is 0.200. The standard InChI is InChI=1S/C15H15N3O3S/c1-10(14-3-2-6-22-14)17-18-15(19)8-16-11-4-5-12-13(7-11)21-9-20-12/h2-7,16H,8-9H2,1H3,(H,18,19)/b17-10-. The van der Waals surface area contributed by atoms with Crippen LogP contribution in [0.5, 0.6) is 11.5 Å². The Morgan fingerprint density at radius 3 is 3.00 bits per heavy atom. The summed E-state index contributed by atoms with van der Waals surface area (Å²) < 4.78 is 10.5. The fourth-order valence-electron chi connectivity index (χ4n) is 1.91. The Hall–Kier alpha value is -2.54. The number of carbonyl (C=O) groups excluding carboxylic acids is 1. The van der Waals surface area contributed by atoms with E-state index in [1.807, 2.05) is 36.6 Å². The summed E-state index contributed by atoms with van der Waals surface area (Å²) in [5.74, 6) is 1.18. The molecule has 0 saturated heterocycles. The van der Waals surface area contributed by atoms with Crippen LogP contribution in [0.3, 0.4) is 0 Å². The number of hydrazone groups is 1. The molecule has 2 N–H and O–H groups in total. The molecule has 114 valence electrons. The largest absolute Gasteiger partial charge is 0.454 e. The number of thiophene rings is 1. The number of benzene rings is 1. The van der Waals surface area contributed by atoms with Gasteiger partial charge < -0.3 is 14.8 Å². The maximum absolute atomic E-state index is 11.8. The van der Waals surface area contributed by atoms with Crippen LogP contribution in [0.2, 0.25) is 0 Å². The molecular weight excluding hydrogens is 302 g/mol. The first kappa shape index (κ1) is 14.4. The van der Waals surface area contributed by atoms with E-state index >= 15 is 0 Å². The minimum Gasteiger partial charge on any atom is -0.454 e. The third-order valence-corrected chi connectivity index (χ3v) is 4.03. The third-order valence-electron chi connectivity index (χ3n) is 3.05. The van der Waals surface area contributed by atoms with E-state index in [0.717, 1.165) is 16.3 Å². The molecule has 1 amide bonds. The summed E-state index contributed by atoms with van der Waals surface area (Å²) in [5, 5.41) is 9.07. The van der Waals surface area contributed by atoms with Crippen molar-refractivity contribution in [3.05, 3.63) is 40.6 Å². The molecule has 0 atom stereocenters. The number of ether oxygens (including phenoxy) is 2. The number of carbonyl (C=O) groups is 1. The van der Waals surface area contributed by atoms with Gasteiger partial charge in [-0.1, -0.05) is 6.07 Å². The lowest BCUT2D eigenvalue weighted by molar-refractivity contribution is -0.119. The van der Waals surface area contributed by atoms with E-state index < -0.39 is 0 Å². The zero-order valence-corrected chi connectivity index (χ0v) is 12.8. The van der Waals surface area contributed by atoms with Crippen molar-refractivity contribution >= 4 is 28.6 Å². The van der Waals surface area contributed by atoms with Gasteiger partial charge in [-0.3, -0.25) is 4.79 Å². The zero-order chi connectivity index (χ0) is 15.4. The van der Waals surface area contributed by atoms with Crippen molar-refractivity contribution in [3.63, 3.8) is 0 Å². The van der Waals surface area contributed by atoms with Crippen molar-refractivity contribution in [2.75, 3.05) is 18.7 Å². The van der Waals surface area contributed by atoms with Crippen molar-refractivity contribution in [1.82, 2.24) is 5.43 Å². The first-order valence-corrected chi connectivity index (χ1v) is 7.61. The van der Waals surface area contributed by atoms with Gasteiger partial charge in [-0.05, 0) is 30.5 Å². The highest BCUT2D eigenvalue weighted by molar-refractivity contribution is 7.12. The summed E-state index contributed by atoms with van der Waals surface area (Å²) in [4.78, 5) is 12.8. The van der Waals surface area contributed by atoms with Crippen molar-refractivity contribution < 1.29 is 14.3 Å². The predicted molar refractivity (Wildman–Crippen MR) is 85.7 cm³/mol. The van der Waals surface area contributed by atoms with E-state index in [1.54, 1.807) is 17.4 Å². The molecule has 0 bridgehead atoms. The molecule has 1 aliphatic rings. The lowest BCUT2D eigenvalue weighted by atomic mass is 10.3. The molecule has 7 heteroatoms. The quantitative estimate of drug-likeness (QED) is 0.656. The van der Waals surface area contributed by atoms with E-state index in [-0.39, 0.29) is 19.2 Å². The minimum absolute atomic E-state index is 0.126. The second kappa shape index (κ2) is 6.48. The molecule has 6 nitrogen and oxygen atoms in total. The highest BCUT2D eigenvalue weighted by atomic mass is 32.1. The molecule has 0 radical (unpaired) electrons. The Kier molecular flexibility index (Phi) is 4.24. The molecule has 0 fully saturated rings. The first-order valence-electron chi connectivity index (χ1n) is 6.73. The molecule has 2 heterocycles. The summed E-state index contributed by atoms with van der Waals surface area (Å²) in [5.41, 5.74) is 4.10. The van der Waals surface area contributed by atoms with Gasteiger partial charge in [0.05, 0.1) is 12.3 Å². The molecule has 0 saturated carbocycles. The monoisotopic (exact) mass is 317 g/mol. The SMILES string of the molecule is C/C(=N/NC(=O)CNc1ccc2c(c1)OCO2)c1cccs1. The summed E-state index contributed by atoms with van der Waals surface area (Å²) in [6.45, 7) is 2.22. The molecule has 1 aromatic heterocycles. The normalized spacial score (nSPS) is 13.0. The van der Waals surface area contributed by atoms with E-state index in [2.05, 4.69) is 15.8 Å². The van der Waals surface area contributed by atoms with E-state index in [0.29, 0.717) is 11.5 Å². The second-order valence-electron chi connectivity index (χ2n) is 4.63. The van der Waals surface area contributed by atoms with Gasteiger partial charge in [0.1, 0.15) is 0 Å². The maximum atomic E-state index is 11.8. The average molecular weight is 317 g/mol. The molecule has 22 heavy (non-hydrogen) atoms. The van der Waals surface area contributed by atoms with Crippen LogP contribution < -0.4 is 20.2 Å². The molecule has 0 aliphatic carbocycles. The Morgan fingerprint density at radius 1 is 1.32 bits per heavy atom. The number of nitrogens with one attached hydrogen (secondary N) is 2. The van der Waals surface area contributed by atoms with Crippen molar-refractivity contribution in [3.8, 4) is 11.5 Å². The van der Waals surface area contributed by atoms with Crippen LogP contribution >= 0.6 is 11.3 Å². The molecule has 2 aromatic rings. The highest BCUT2D eigenvalue weighted by Crippen LogP contribution is 2.34. The van der Waals surface area contributed by atoms with Gasteiger partial charge in [-0.2, -0.15) is 5.10 Å². The molecular formula is C15H15N3O3S. The summed E-state index contributed by atoms with van der Waals surface area (Å²) >= 11 is 1.58. The van der Waals surface area contributed by atoms with Gasteiger partial charge in [0.15, 0.2) is 11.5 Å². The average Bonchev–Trinajstić information content (AvgIpc) is 3.20. The van der Waals surface area contributed by atoms with Crippen LogP contribution in [0.15, 0.2) is 40.8 Å². The summed E-state index contributed by atoms with van der Waals surface area (Å²) in [6, 6.07) is 9.35. The van der Waals surface area contributed by atoms with Crippen LogP contribution in [0, 0.1) is 0 Å². The van der Waals surface area contributed by atoms with Crippen LogP contribution in [0.25, 0.3) is 0 Å². The Balaban J connectivity index is 1.51. The van der Waals surface area contributed by atoms with Crippen molar-refractivity contribution in [1.29, 1.82) is 0 Å². The van der Waals surface area contributed by atoms with Crippen molar-refractivity contribution in [2.24, 2.45) is 5.10 Å².